The van der Waals surface area contributed by atoms with E-state index < -0.39 is 0 Å². The van der Waals surface area contributed by atoms with Crippen molar-refractivity contribution in [2.24, 2.45) is 0 Å². The quantitative estimate of drug-likeness (QED) is 0.845. The third kappa shape index (κ3) is 4.28. The lowest BCUT2D eigenvalue weighted by Gasteiger charge is -2.36. The van der Waals surface area contributed by atoms with E-state index in [1.807, 2.05) is 18.7 Å². The minimum Gasteiger partial charge on any atom is -0.330 e. The lowest BCUT2D eigenvalue weighted by atomic mass is 9.94. The molecule has 0 spiro atoms. The van der Waals surface area contributed by atoms with Crippen LogP contribution in [0.1, 0.15) is 58.4 Å². The van der Waals surface area contributed by atoms with E-state index in [1.165, 1.54) is 11.1 Å². The van der Waals surface area contributed by atoms with Gasteiger partial charge in [-0.1, -0.05) is 24.3 Å². The van der Waals surface area contributed by atoms with Gasteiger partial charge in [-0.05, 0) is 64.4 Å². The molecular weight excluding hydrogens is 324 g/mol. The fourth-order valence-electron chi connectivity index (χ4n) is 3.71. The topological polar surface area (TPSA) is 49.3 Å². The molecule has 1 aromatic heterocycles. The van der Waals surface area contributed by atoms with Gasteiger partial charge in [0.1, 0.15) is 11.5 Å². The molecule has 0 bridgehead atoms. The summed E-state index contributed by atoms with van der Waals surface area (Å²) < 4.78 is 0. The highest BCUT2D eigenvalue weighted by atomic mass is 16.2. The Morgan fingerprint density at radius 3 is 2.54 bits per heavy atom. The van der Waals surface area contributed by atoms with Crippen LogP contribution in [0.25, 0.3) is 0 Å². The van der Waals surface area contributed by atoms with E-state index in [0.29, 0.717) is 11.5 Å². The van der Waals surface area contributed by atoms with E-state index in [1.54, 1.807) is 6.07 Å². The smallest absolute Gasteiger partial charge is 0.273 e. The number of rotatable bonds is 4. The number of hydrogen-bond acceptors (Lipinski definition) is 4. The predicted molar refractivity (Wildman–Crippen MR) is 103 cm³/mol. The maximum absolute atomic E-state index is 13.1. The Bertz CT molecular complexity index is 750. The second kappa shape index (κ2) is 7.96. The third-order valence-electron chi connectivity index (χ3n) is 4.81. The Labute approximate surface area is 156 Å². The van der Waals surface area contributed by atoms with E-state index in [9.17, 15) is 4.79 Å². The molecule has 138 valence electrons. The van der Waals surface area contributed by atoms with Crippen molar-refractivity contribution in [3.05, 3.63) is 58.7 Å². The SMILES string of the molecule is Cc1cc(C(=O)N2CCCCC2c2ccc(CN(C)C)cc2)nc(C)n1. The Morgan fingerprint density at radius 2 is 1.88 bits per heavy atom. The molecule has 1 saturated heterocycles. The van der Waals surface area contributed by atoms with E-state index in [2.05, 4.69) is 53.2 Å². The predicted octanol–water partition coefficient (Wildman–Crippen LogP) is 3.52. The number of hydrogen-bond donors (Lipinski definition) is 0. The summed E-state index contributed by atoms with van der Waals surface area (Å²) in [6, 6.07) is 10.6. The van der Waals surface area contributed by atoms with Crippen LogP contribution in [-0.4, -0.2) is 46.3 Å². The summed E-state index contributed by atoms with van der Waals surface area (Å²) >= 11 is 0. The Hall–Kier alpha value is -2.27. The molecule has 1 unspecified atom stereocenters. The average molecular weight is 352 g/mol. The van der Waals surface area contributed by atoms with Crippen molar-refractivity contribution in [2.45, 2.75) is 45.7 Å². The van der Waals surface area contributed by atoms with Crippen LogP contribution in [-0.2, 0) is 6.54 Å². The minimum absolute atomic E-state index is 0.0145. The van der Waals surface area contributed by atoms with Crippen LogP contribution in [0.15, 0.2) is 30.3 Å². The molecule has 0 aliphatic carbocycles. The van der Waals surface area contributed by atoms with Crippen LogP contribution in [0.3, 0.4) is 0 Å². The molecule has 5 nitrogen and oxygen atoms in total. The van der Waals surface area contributed by atoms with E-state index >= 15 is 0 Å². The van der Waals surface area contributed by atoms with Gasteiger partial charge in [-0.25, -0.2) is 9.97 Å². The van der Waals surface area contributed by atoms with Gasteiger partial charge in [0.05, 0.1) is 6.04 Å². The molecule has 2 aromatic rings. The summed E-state index contributed by atoms with van der Waals surface area (Å²) in [5.41, 5.74) is 3.84. The zero-order valence-electron chi connectivity index (χ0n) is 16.2. The molecule has 1 amide bonds. The zero-order valence-corrected chi connectivity index (χ0v) is 16.2. The molecule has 5 heteroatoms. The first-order chi connectivity index (χ1) is 12.4. The van der Waals surface area contributed by atoms with Crippen molar-refractivity contribution in [2.75, 3.05) is 20.6 Å². The summed E-state index contributed by atoms with van der Waals surface area (Å²) in [6.45, 7) is 5.45. The summed E-state index contributed by atoms with van der Waals surface area (Å²) in [6.07, 6.45) is 3.20. The summed E-state index contributed by atoms with van der Waals surface area (Å²) in [5, 5.41) is 0. The van der Waals surface area contributed by atoms with Gasteiger partial charge in [0.2, 0.25) is 0 Å². The van der Waals surface area contributed by atoms with E-state index in [4.69, 9.17) is 0 Å². The van der Waals surface area contributed by atoms with Gasteiger partial charge in [-0.3, -0.25) is 4.79 Å². The highest BCUT2D eigenvalue weighted by Crippen LogP contribution is 2.32. The molecule has 1 aromatic carbocycles. The first-order valence-electron chi connectivity index (χ1n) is 9.31. The van der Waals surface area contributed by atoms with Crippen molar-refractivity contribution >= 4 is 5.91 Å². The molecule has 1 aliphatic rings. The normalized spacial score (nSPS) is 17.6. The van der Waals surface area contributed by atoms with Crippen molar-refractivity contribution in [1.82, 2.24) is 19.8 Å². The summed E-state index contributed by atoms with van der Waals surface area (Å²) in [4.78, 5) is 25.9. The molecule has 1 aliphatic heterocycles. The van der Waals surface area contributed by atoms with Crippen molar-refractivity contribution in [3.63, 3.8) is 0 Å². The standard InChI is InChI=1S/C21H28N4O/c1-15-13-19(23-16(2)22-15)21(26)25-12-6-5-7-20(25)18-10-8-17(9-11-18)14-24(3)4/h8-11,13,20H,5-7,12,14H2,1-4H3. The highest BCUT2D eigenvalue weighted by Gasteiger charge is 2.29. The Morgan fingerprint density at radius 1 is 1.15 bits per heavy atom. The van der Waals surface area contributed by atoms with Crippen molar-refractivity contribution < 1.29 is 4.79 Å². The average Bonchev–Trinajstić information content (AvgIpc) is 2.60. The molecular formula is C21H28N4O. The molecule has 0 saturated carbocycles. The monoisotopic (exact) mass is 352 g/mol. The number of nitrogens with zero attached hydrogens (tertiary/aromatic N) is 4. The number of carbonyl (C=O) groups excluding carboxylic acids is 1. The maximum Gasteiger partial charge on any atom is 0.273 e. The van der Waals surface area contributed by atoms with Crippen LogP contribution in [0.5, 0.6) is 0 Å². The van der Waals surface area contributed by atoms with Gasteiger partial charge < -0.3 is 9.80 Å². The van der Waals surface area contributed by atoms with E-state index in [0.717, 1.165) is 38.0 Å². The van der Waals surface area contributed by atoms with Gasteiger partial charge in [0.15, 0.2) is 0 Å². The molecule has 0 radical (unpaired) electrons. The fourth-order valence-corrected chi connectivity index (χ4v) is 3.71. The van der Waals surface area contributed by atoms with E-state index in [-0.39, 0.29) is 11.9 Å². The largest absolute Gasteiger partial charge is 0.330 e. The fraction of sp³-hybridized carbons (Fsp3) is 0.476. The molecule has 0 N–H and O–H groups in total. The third-order valence-corrected chi connectivity index (χ3v) is 4.81. The van der Waals surface area contributed by atoms with Gasteiger partial charge in [0.25, 0.3) is 5.91 Å². The Kier molecular flexibility index (Phi) is 5.67. The molecule has 3 rings (SSSR count). The lowest BCUT2D eigenvalue weighted by molar-refractivity contribution is 0.0605. The summed E-state index contributed by atoms with van der Waals surface area (Å²) in [7, 11) is 4.14. The number of aryl methyl sites for hydroxylation is 2. The molecule has 2 heterocycles. The molecule has 26 heavy (non-hydrogen) atoms. The summed E-state index contributed by atoms with van der Waals surface area (Å²) in [5.74, 6) is 0.663. The number of amides is 1. The van der Waals surface area contributed by atoms with Crippen LogP contribution in [0, 0.1) is 13.8 Å². The van der Waals surface area contributed by atoms with Crippen LogP contribution in [0.2, 0.25) is 0 Å². The van der Waals surface area contributed by atoms with Crippen LogP contribution >= 0.6 is 0 Å². The maximum atomic E-state index is 13.1. The zero-order chi connectivity index (χ0) is 18.7. The second-order valence-electron chi connectivity index (χ2n) is 7.43. The number of benzene rings is 1. The Balaban J connectivity index is 1.84. The van der Waals surface area contributed by atoms with Gasteiger partial charge in [-0.2, -0.15) is 0 Å². The van der Waals surface area contributed by atoms with Gasteiger partial charge in [-0.15, -0.1) is 0 Å². The van der Waals surface area contributed by atoms with Crippen molar-refractivity contribution in [3.8, 4) is 0 Å². The lowest BCUT2D eigenvalue weighted by Crippen LogP contribution is -2.39. The first kappa shape index (κ1) is 18.5. The number of piperidine rings is 1. The second-order valence-corrected chi connectivity index (χ2v) is 7.43. The number of carbonyl (C=O) groups is 1. The highest BCUT2D eigenvalue weighted by molar-refractivity contribution is 5.92. The number of aromatic nitrogens is 2. The molecule has 1 fully saturated rings. The first-order valence-corrected chi connectivity index (χ1v) is 9.31. The molecule has 1 atom stereocenters. The van der Waals surface area contributed by atoms with Gasteiger partial charge >= 0.3 is 0 Å². The minimum atomic E-state index is 0.0145. The van der Waals surface area contributed by atoms with Crippen LogP contribution < -0.4 is 0 Å². The van der Waals surface area contributed by atoms with Crippen molar-refractivity contribution in [1.29, 1.82) is 0 Å². The number of likely N-dealkylation sites (tertiary alicyclic amines) is 1. The van der Waals surface area contributed by atoms with Crippen LogP contribution in [0.4, 0.5) is 0 Å². The van der Waals surface area contributed by atoms with Gasteiger partial charge in [0, 0.05) is 18.8 Å².